The maximum absolute atomic E-state index is 13.0. The van der Waals surface area contributed by atoms with Crippen molar-refractivity contribution in [3.05, 3.63) is 61.6 Å². The second-order valence-corrected chi connectivity index (χ2v) is 10.2. The Kier molecular flexibility index (Phi) is 8.59. The number of thiophene rings is 2. The van der Waals surface area contributed by atoms with E-state index in [2.05, 4.69) is 15.6 Å². The van der Waals surface area contributed by atoms with Gasteiger partial charge in [-0.25, -0.2) is 14.6 Å². The lowest BCUT2D eigenvalue weighted by Crippen LogP contribution is -2.20. The minimum atomic E-state index is -0.577. The van der Waals surface area contributed by atoms with Crippen LogP contribution in [0.15, 0.2) is 18.2 Å². The molecule has 0 aliphatic carbocycles. The van der Waals surface area contributed by atoms with Gasteiger partial charge in [-0.3, -0.25) is 9.59 Å². The molecule has 2 N–H and O–H groups in total. The molecule has 0 fully saturated rings. The second kappa shape index (κ2) is 11.4. The molecule has 2 amide bonds. The van der Waals surface area contributed by atoms with Crippen molar-refractivity contribution in [1.29, 1.82) is 0 Å². The Morgan fingerprint density at radius 3 is 1.50 bits per heavy atom. The van der Waals surface area contributed by atoms with Crippen LogP contribution < -0.4 is 10.6 Å². The zero-order valence-corrected chi connectivity index (χ0v) is 22.5. The second-order valence-electron chi connectivity index (χ2n) is 7.73. The van der Waals surface area contributed by atoms with E-state index in [0.717, 1.165) is 20.9 Å². The highest BCUT2D eigenvalue weighted by molar-refractivity contribution is 7.17. The van der Waals surface area contributed by atoms with Crippen LogP contribution in [-0.2, 0) is 9.47 Å². The van der Waals surface area contributed by atoms with Crippen LogP contribution in [0.25, 0.3) is 0 Å². The number of hydrogen-bond donors (Lipinski definition) is 2. The van der Waals surface area contributed by atoms with E-state index in [4.69, 9.17) is 9.47 Å². The third kappa shape index (κ3) is 5.63. The van der Waals surface area contributed by atoms with E-state index in [0.29, 0.717) is 21.1 Å². The van der Waals surface area contributed by atoms with Crippen LogP contribution in [-0.4, -0.2) is 42.0 Å². The minimum Gasteiger partial charge on any atom is -0.462 e. The van der Waals surface area contributed by atoms with Gasteiger partial charge in [0.15, 0.2) is 0 Å². The van der Waals surface area contributed by atoms with Gasteiger partial charge in [-0.05, 0) is 64.8 Å². The number of nitrogens with one attached hydrogen (secondary N) is 2. The number of amides is 2. The molecule has 3 heterocycles. The Morgan fingerprint density at radius 2 is 1.14 bits per heavy atom. The number of carbonyl (C=O) groups excluding carboxylic acids is 4. The molecule has 0 aromatic carbocycles. The average Bonchev–Trinajstić information content (AvgIpc) is 3.27. The molecule has 0 aliphatic heterocycles. The number of esters is 2. The Hall–Kier alpha value is -3.57. The van der Waals surface area contributed by atoms with E-state index in [1.54, 1.807) is 27.7 Å². The van der Waals surface area contributed by atoms with Crippen molar-refractivity contribution >= 4 is 56.4 Å². The predicted octanol–water partition coefficient (Wildman–Crippen LogP) is 5.30. The van der Waals surface area contributed by atoms with Crippen LogP contribution >= 0.6 is 22.7 Å². The lowest BCUT2D eigenvalue weighted by atomic mass is 10.1. The van der Waals surface area contributed by atoms with Gasteiger partial charge in [0, 0.05) is 9.75 Å². The van der Waals surface area contributed by atoms with Crippen molar-refractivity contribution in [3.8, 4) is 0 Å². The fourth-order valence-corrected chi connectivity index (χ4v) is 5.44. The van der Waals surface area contributed by atoms with Crippen molar-refractivity contribution in [2.45, 2.75) is 41.5 Å². The summed E-state index contributed by atoms with van der Waals surface area (Å²) >= 11 is 2.52. The van der Waals surface area contributed by atoms with Crippen LogP contribution in [0.2, 0.25) is 0 Å². The van der Waals surface area contributed by atoms with Crippen molar-refractivity contribution in [2.75, 3.05) is 23.8 Å². The van der Waals surface area contributed by atoms with Crippen molar-refractivity contribution in [2.24, 2.45) is 0 Å². The first-order chi connectivity index (χ1) is 17.1. The third-order valence-corrected chi connectivity index (χ3v) is 7.64. The van der Waals surface area contributed by atoms with Crippen LogP contribution in [0, 0.1) is 27.7 Å². The number of anilines is 2. The summed E-state index contributed by atoms with van der Waals surface area (Å²) in [5, 5.41) is 6.15. The van der Waals surface area contributed by atoms with E-state index in [9.17, 15) is 19.2 Å². The van der Waals surface area contributed by atoms with Crippen LogP contribution in [0.1, 0.15) is 76.4 Å². The topological polar surface area (TPSA) is 124 Å². The molecule has 0 spiro atoms. The molecule has 36 heavy (non-hydrogen) atoms. The summed E-state index contributed by atoms with van der Waals surface area (Å²) in [5.74, 6) is -2.19. The predicted molar refractivity (Wildman–Crippen MR) is 140 cm³/mol. The molecule has 3 aromatic heterocycles. The van der Waals surface area contributed by atoms with Crippen molar-refractivity contribution in [1.82, 2.24) is 4.98 Å². The number of pyridine rings is 1. The number of rotatable bonds is 8. The summed E-state index contributed by atoms with van der Waals surface area (Å²) < 4.78 is 10.2. The van der Waals surface area contributed by atoms with Gasteiger partial charge in [-0.15, -0.1) is 22.7 Å². The average molecular weight is 530 g/mol. The molecule has 0 saturated heterocycles. The maximum Gasteiger partial charge on any atom is 0.341 e. The smallest absolute Gasteiger partial charge is 0.341 e. The monoisotopic (exact) mass is 529 g/mol. The zero-order valence-electron chi connectivity index (χ0n) is 20.9. The molecule has 190 valence electrons. The summed E-state index contributed by atoms with van der Waals surface area (Å²) in [7, 11) is 0. The fourth-order valence-electron chi connectivity index (χ4n) is 3.35. The van der Waals surface area contributed by atoms with Gasteiger partial charge >= 0.3 is 11.9 Å². The molecule has 3 rings (SSSR count). The van der Waals surface area contributed by atoms with Gasteiger partial charge in [0.05, 0.1) is 24.3 Å². The zero-order chi connectivity index (χ0) is 26.6. The highest BCUT2D eigenvalue weighted by atomic mass is 32.1. The Balaban J connectivity index is 1.84. The number of nitrogens with zero attached hydrogens (tertiary/aromatic N) is 1. The lowest BCUT2D eigenvalue weighted by Gasteiger charge is -2.09. The number of carbonyl (C=O) groups is 4. The van der Waals surface area contributed by atoms with Crippen LogP contribution in [0.4, 0.5) is 10.0 Å². The highest BCUT2D eigenvalue weighted by Crippen LogP contribution is 2.34. The van der Waals surface area contributed by atoms with E-state index in [1.165, 1.54) is 40.9 Å². The summed E-state index contributed by atoms with van der Waals surface area (Å²) in [5.41, 5.74) is 2.05. The summed E-state index contributed by atoms with van der Waals surface area (Å²) in [4.78, 5) is 56.7. The Morgan fingerprint density at radius 1 is 0.750 bits per heavy atom. The molecule has 0 unspecified atom stereocenters. The van der Waals surface area contributed by atoms with E-state index in [-0.39, 0.29) is 24.6 Å². The van der Waals surface area contributed by atoms with Gasteiger partial charge in [0.1, 0.15) is 21.4 Å². The third-order valence-electron chi connectivity index (χ3n) is 5.40. The van der Waals surface area contributed by atoms with E-state index in [1.807, 2.05) is 13.8 Å². The van der Waals surface area contributed by atoms with Crippen LogP contribution in [0.3, 0.4) is 0 Å². The first-order valence-corrected chi connectivity index (χ1v) is 12.9. The number of ether oxygens (including phenoxy) is 2. The lowest BCUT2D eigenvalue weighted by molar-refractivity contribution is 0.0517. The molecule has 0 aliphatic rings. The fraction of sp³-hybridized carbons (Fsp3) is 0.320. The van der Waals surface area contributed by atoms with E-state index < -0.39 is 23.8 Å². The van der Waals surface area contributed by atoms with Crippen LogP contribution in [0.5, 0.6) is 0 Å². The summed E-state index contributed by atoms with van der Waals surface area (Å²) in [6.45, 7) is 11.1. The largest absolute Gasteiger partial charge is 0.462 e. The normalized spacial score (nSPS) is 10.6. The molecule has 0 bridgehead atoms. The molecule has 0 saturated carbocycles. The van der Waals surface area contributed by atoms with Gasteiger partial charge in [-0.2, -0.15) is 0 Å². The SMILES string of the molecule is CCOC(=O)c1c(NC(=O)c2cccc(C(=O)Nc3sc(C)c(C)c3C(=O)OCC)n2)sc(C)c1C. The molecular formula is C25H27N3O6S2. The Labute approximate surface area is 216 Å². The molecule has 9 nitrogen and oxygen atoms in total. The van der Waals surface area contributed by atoms with Crippen molar-refractivity contribution in [3.63, 3.8) is 0 Å². The quantitative estimate of drug-likeness (QED) is 0.380. The highest BCUT2D eigenvalue weighted by Gasteiger charge is 2.25. The Bertz CT molecular complexity index is 1240. The van der Waals surface area contributed by atoms with Gasteiger partial charge in [0.25, 0.3) is 11.8 Å². The first-order valence-electron chi connectivity index (χ1n) is 11.2. The van der Waals surface area contributed by atoms with Gasteiger partial charge in [-0.1, -0.05) is 6.07 Å². The van der Waals surface area contributed by atoms with Crippen molar-refractivity contribution < 1.29 is 28.7 Å². The summed E-state index contributed by atoms with van der Waals surface area (Å²) in [6.07, 6.45) is 0. The molecule has 3 aromatic rings. The minimum absolute atomic E-state index is 0.00896. The molecular weight excluding hydrogens is 502 g/mol. The number of hydrogen-bond acceptors (Lipinski definition) is 9. The van der Waals surface area contributed by atoms with Gasteiger partial charge < -0.3 is 20.1 Å². The maximum atomic E-state index is 13.0. The first kappa shape index (κ1) is 27.0. The molecule has 0 radical (unpaired) electrons. The molecule has 0 atom stereocenters. The van der Waals surface area contributed by atoms with Gasteiger partial charge in [0.2, 0.25) is 0 Å². The molecule has 11 heteroatoms. The standard InChI is InChI=1S/C25H27N3O6S2/c1-7-33-24(31)18-12(3)14(5)35-22(18)27-20(29)16-10-9-11-17(26-16)21(30)28-23-19(25(32)34-8-2)13(4)15(6)36-23/h9-11H,7-8H2,1-6H3,(H,27,29)(H,28,30). The summed E-state index contributed by atoms with van der Waals surface area (Å²) in [6, 6.07) is 4.46. The number of aryl methyl sites for hydroxylation is 2. The van der Waals surface area contributed by atoms with E-state index >= 15 is 0 Å². The number of aromatic nitrogens is 1.